The molecule has 1 aliphatic rings. The quantitative estimate of drug-likeness (QED) is 0.0567. The van der Waals surface area contributed by atoms with Crippen molar-refractivity contribution in [2.24, 2.45) is 0 Å². The number of hydrogen-bond acceptors (Lipinski definition) is 8. The van der Waals surface area contributed by atoms with E-state index in [0.717, 1.165) is 82.6 Å². The second-order valence-corrected chi connectivity index (χ2v) is 11.4. The number of aldehydes is 1. The Morgan fingerprint density at radius 2 is 1.44 bits per heavy atom. The fourth-order valence-electron chi connectivity index (χ4n) is 5.18. The number of nitrogens with one attached hydrogen (secondary N) is 2. The number of benzene rings is 4. The number of piperazine rings is 1. The zero-order valence-electron chi connectivity index (χ0n) is 25.7. The highest BCUT2D eigenvalue weighted by atomic mass is 35.5. The van der Waals surface area contributed by atoms with Gasteiger partial charge in [-0.1, -0.05) is 71.7 Å². The van der Waals surface area contributed by atoms with Crippen molar-refractivity contribution < 1.29 is 14.6 Å². The van der Waals surface area contributed by atoms with Crippen LogP contribution in [0.25, 0.3) is 22.3 Å². The van der Waals surface area contributed by atoms with Crippen molar-refractivity contribution in [3.63, 3.8) is 0 Å². The van der Waals surface area contributed by atoms with E-state index in [9.17, 15) is 4.79 Å². The normalized spacial score (nSPS) is 13.5. The van der Waals surface area contributed by atoms with E-state index in [0.29, 0.717) is 32.7 Å². The van der Waals surface area contributed by atoms with Gasteiger partial charge in [-0.15, -0.1) is 0 Å². The van der Waals surface area contributed by atoms with Gasteiger partial charge in [0.1, 0.15) is 0 Å². The average Bonchev–Trinajstić information content (AvgIpc) is 3.07. The second-order valence-electron chi connectivity index (χ2n) is 10.6. The van der Waals surface area contributed by atoms with E-state index in [1.54, 1.807) is 24.3 Å². The molecule has 4 aromatic carbocycles. The minimum Gasteiger partial charge on any atom is -0.400 e. The molecule has 5 rings (SSSR count). The summed E-state index contributed by atoms with van der Waals surface area (Å²) in [5.41, 5.74) is 20.1. The molecule has 8 nitrogen and oxygen atoms in total. The van der Waals surface area contributed by atoms with E-state index < -0.39 is 0 Å². The standard InChI is InChI=1S/C34H37Cl2N5O2.CH4O/c1-2-43-18-17-40-13-15-41(16-14-40)22-24-3-5-25(6-4-24)26-7-9-27(10-8-26)30-20-34(33(37)21-32(30)36)39-38-29-11-12-31(35)28(19-29)23-42;1-2/h3-12,19-21,23,38-39H,2,13-18,22,37H2,1H3;2H,1H3. The van der Waals surface area contributed by atoms with Gasteiger partial charge in [-0.05, 0) is 59.5 Å². The molecule has 1 saturated heterocycles. The zero-order valence-corrected chi connectivity index (χ0v) is 27.2. The molecule has 10 heteroatoms. The third-order valence-electron chi connectivity index (χ3n) is 7.71. The van der Waals surface area contributed by atoms with Gasteiger partial charge in [-0.3, -0.25) is 20.0 Å². The first-order chi connectivity index (χ1) is 21.9. The maximum absolute atomic E-state index is 11.2. The van der Waals surface area contributed by atoms with Crippen LogP contribution in [0.4, 0.5) is 17.1 Å². The molecule has 0 saturated carbocycles. The average molecular weight is 651 g/mol. The molecular weight excluding hydrogens is 609 g/mol. The number of nitrogen functional groups attached to an aromatic ring is 1. The fraction of sp³-hybridized carbons (Fsp3) is 0.286. The summed E-state index contributed by atoms with van der Waals surface area (Å²) in [5.74, 6) is 0. The highest BCUT2D eigenvalue weighted by molar-refractivity contribution is 6.34. The summed E-state index contributed by atoms with van der Waals surface area (Å²) in [6.07, 6.45) is 0.717. The Balaban J connectivity index is 0.00000226. The highest BCUT2D eigenvalue weighted by Gasteiger charge is 2.17. The predicted octanol–water partition coefficient (Wildman–Crippen LogP) is 6.92. The Morgan fingerprint density at radius 3 is 2.09 bits per heavy atom. The van der Waals surface area contributed by atoms with Gasteiger partial charge in [-0.25, -0.2) is 0 Å². The minimum absolute atomic E-state index is 0.395. The topological polar surface area (TPSA) is 103 Å². The Hall–Kier alpha value is -3.63. The Labute approximate surface area is 275 Å². The fourth-order valence-corrected chi connectivity index (χ4v) is 5.62. The largest absolute Gasteiger partial charge is 0.400 e. The van der Waals surface area contributed by atoms with Gasteiger partial charge in [0, 0.05) is 64.1 Å². The van der Waals surface area contributed by atoms with Crippen LogP contribution in [-0.2, 0) is 11.3 Å². The Bertz CT molecular complexity index is 1530. The number of hydrazine groups is 1. The number of halogens is 2. The minimum atomic E-state index is 0.395. The lowest BCUT2D eigenvalue weighted by atomic mass is 9.99. The van der Waals surface area contributed by atoms with Crippen molar-refractivity contribution in [3.05, 3.63) is 100 Å². The third kappa shape index (κ3) is 9.43. The van der Waals surface area contributed by atoms with Gasteiger partial charge in [0.25, 0.3) is 0 Å². The molecule has 1 heterocycles. The van der Waals surface area contributed by atoms with E-state index in [-0.39, 0.29) is 0 Å². The van der Waals surface area contributed by atoms with Crippen molar-refractivity contribution >= 4 is 46.6 Å². The Morgan fingerprint density at radius 1 is 0.822 bits per heavy atom. The number of aliphatic hydroxyl groups excluding tert-OH is 1. The molecule has 0 unspecified atom stereocenters. The van der Waals surface area contributed by atoms with Crippen molar-refractivity contribution in [1.29, 1.82) is 0 Å². The predicted molar refractivity (Wildman–Crippen MR) is 187 cm³/mol. The lowest BCUT2D eigenvalue weighted by molar-refractivity contribution is 0.0786. The summed E-state index contributed by atoms with van der Waals surface area (Å²) in [6, 6.07) is 25.9. The second kappa shape index (κ2) is 17.2. The van der Waals surface area contributed by atoms with Crippen LogP contribution in [0, 0.1) is 0 Å². The van der Waals surface area contributed by atoms with Crippen molar-refractivity contribution in [1.82, 2.24) is 9.80 Å². The first-order valence-corrected chi connectivity index (χ1v) is 15.7. The molecule has 0 aliphatic carbocycles. The van der Waals surface area contributed by atoms with Gasteiger partial charge in [0.15, 0.2) is 6.29 Å². The van der Waals surface area contributed by atoms with Crippen LogP contribution in [0.3, 0.4) is 0 Å². The van der Waals surface area contributed by atoms with Gasteiger partial charge in [-0.2, -0.15) is 0 Å². The van der Waals surface area contributed by atoms with Crippen molar-refractivity contribution in [2.45, 2.75) is 13.5 Å². The highest BCUT2D eigenvalue weighted by Crippen LogP contribution is 2.35. The molecule has 1 fully saturated rings. The number of aliphatic hydroxyl groups is 1. The van der Waals surface area contributed by atoms with Crippen LogP contribution in [-0.4, -0.2) is 74.2 Å². The van der Waals surface area contributed by atoms with Crippen LogP contribution >= 0.6 is 23.2 Å². The van der Waals surface area contributed by atoms with Crippen LogP contribution < -0.4 is 16.6 Å². The lowest BCUT2D eigenvalue weighted by Gasteiger charge is -2.34. The van der Waals surface area contributed by atoms with Crippen LogP contribution in [0.15, 0.2) is 78.9 Å². The maximum Gasteiger partial charge on any atom is 0.151 e. The molecule has 238 valence electrons. The molecule has 0 radical (unpaired) electrons. The van der Waals surface area contributed by atoms with Gasteiger partial charge >= 0.3 is 0 Å². The number of rotatable bonds is 12. The SMILES string of the molecule is CCOCCN1CCN(Cc2ccc(-c3ccc(-c4cc(NNc5ccc(Cl)c(C=O)c5)c(N)cc4Cl)cc3)cc2)CC1.CO. The summed E-state index contributed by atoms with van der Waals surface area (Å²) < 4.78 is 5.50. The zero-order chi connectivity index (χ0) is 32.2. The number of ether oxygens (including phenoxy) is 1. The van der Waals surface area contributed by atoms with E-state index in [2.05, 4.69) is 69.2 Å². The molecular formula is C35H41Cl2N5O3. The number of nitrogens with zero attached hydrogens (tertiary/aromatic N) is 2. The van der Waals surface area contributed by atoms with Gasteiger partial charge in [0.05, 0.1) is 33.7 Å². The number of nitrogens with two attached hydrogens (primary N) is 1. The van der Waals surface area contributed by atoms with E-state index in [4.69, 9.17) is 38.8 Å². The summed E-state index contributed by atoms with van der Waals surface area (Å²) in [5, 5.41) is 7.96. The van der Waals surface area contributed by atoms with Crippen LogP contribution in [0.5, 0.6) is 0 Å². The Kier molecular flexibility index (Phi) is 13.1. The number of carbonyl (C=O) groups excluding carboxylic acids is 1. The van der Waals surface area contributed by atoms with Crippen molar-refractivity contribution in [3.8, 4) is 22.3 Å². The molecule has 4 aromatic rings. The van der Waals surface area contributed by atoms with Crippen LogP contribution in [0.2, 0.25) is 10.0 Å². The summed E-state index contributed by atoms with van der Waals surface area (Å²) in [7, 11) is 1.00. The lowest BCUT2D eigenvalue weighted by Crippen LogP contribution is -2.46. The monoisotopic (exact) mass is 649 g/mol. The summed E-state index contributed by atoms with van der Waals surface area (Å²) in [6.45, 7) is 9.98. The number of anilines is 3. The first-order valence-electron chi connectivity index (χ1n) is 15.0. The smallest absolute Gasteiger partial charge is 0.151 e. The summed E-state index contributed by atoms with van der Waals surface area (Å²) in [4.78, 5) is 16.2. The molecule has 1 aliphatic heterocycles. The molecule has 45 heavy (non-hydrogen) atoms. The third-order valence-corrected chi connectivity index (χ3v) is 8.37. The molecule has 0 bridgehead atoms. The molecule has 0 aromatic heterocycles. The van der Waals surface area contributed by atoms with E-state index in [1.165, 1.54) is 11.1 Å². The van der Waals surface area contributed by atoms with Gasteiger partial charge < -0.3 is 21.0 Å². The molecule has 5 N–H and O–H groups in total. The first kappa shape index (κ1) is 34.2. The summed E-state index contributed by atoms with van der Waals surface area (Å²) >= 11 is 12.6. The van der Waals surface area contributed by atoms with E-state index >= 15 is 0 Å². The van der Waals surface area contributed by atoms with E-state index in [1.807, 2.05) is 13.0 Å². The van der Waals surface area contributed by atoms with Crippen LogP contribution in [0.1, 0.15) is 22.8 Å². The molecule has 0 amide bonds. The number of hydrogen-bond donors (Lipinski definition) is 4. The van der Waals surface area contributed by atoms with Gasteiger partial charge in [0.2, 0.25) is 0 Å². The van der Waals surface area contributed by atoms with Crippen molar-refractivity contribution in [2.75, 3.05) is 69.6 Å². The molecule has 0 spiro atoms. The molecule has 0 atom stereocenters. The number of carbonyl (C=O) groups is 1. The maximum atomic E-state index is 11.2.